The van der Waals surface area contributed by atoms with Crippen LogP contribution < -0.4 is 9.64 Å². The average Bonchev–Trinajstić information content (AvgIpc) is 3.57. The van der Waals surface area contributed by atoms with E-state index in [0.717, 1.165) is 53.1 Å². The highest BCUT2D eigenvalue weighted by Gasteiger charge is 2.45. The Kier molecular flexibility index (Phi) is 15.1. The van der Waals surface area contributed by atoms with Crippen LogP contribution in [0.3, 0.4) is 0 Å². The zero-order chi connectivity index (χ0) is 43.8. The van der Waals surface area contributed by atoms with Gasteiger partial charge in [-0.15, -0.1) is 0 Å². The molecule has 0 aromatic heterocycles. The lowest BCUT2D eigenvalue weighted by molar-refractivity contribution is -0.442. The predicted octanol–water partition coefficient (Wildman–Crippen LogP) is 9.36. The van der Waals surface area contributed by atoms with Crippen LogP contribution in [-0.2, 0) is 39.9 Å². The standard InChI is InChI=1S/C48H57N3O8S2/c1-34-11-19-42-40(31-34)47(2,3)44(50(42)23-25-57-29-27-55-6)21-12-35-9-8-10-36(46(35)59-38-16-14-37(15-17-38)49-33-60)13-22-45-48(4,5)41-32-39(61(52,53)54)18-20-43(41)51(45)24-26-58-30-28-56-7/h11-22,31-32H,8-10,23-30H2,1-7H3/p+1. The van der Waals surface area contributed by atoms with E-state index in [1.54, 1.807) is 26.4 Å². The second kappa shape index (κ2) is 20.1. The van der Waals surface area contributed by atoms with Gasteiger partial charge in [0, 0.05) is 55.3 Å². The number of isothiocyanates is 1. The van der Waals surface area contributed by atoms with Crippen molar-refractivity contribution >= 4 is 50.3 Å². The number of hydrogen-bond acceptors (Lipinski definition) is 10. The highest BCUT2D eigenvalue weighted by atomic mass is 32.2. The van der Waals surface area contributed by atoms with Gasteiger partial charge in [-0.05, 0) is 124 Å². The summed E-state index contributed by atoms with van der Waals surface area (Å²) in [6.45, 7) is 15.0. The van der Waals surface area contributed by atoms with E-state index >= 15 is 0 Å². The molecular formula is C48H58N3O8S2+. The quantitative estimate of drug-likeness (QED) is 0.0411. The molecule has 0 unspecified atom stereocenters. The van der Waals surface area contributed by atoms with Crippen LogP contribution in [0.15, 0.2) is 117 Å². The van der Waals surface area contributed by atoms with Gasteiger partial charge < -0.3 is 28.6 Å². The Morgan fingerprint density at radius 2 is 1.57 bits per heavy atom. The lowest BCUT2D eigenvalue weighted by atomic mass is 9.81. The Balaban J connectivity index is 1.44. The van der Waals surface area contributed by atoms with E-state index < -0.39 is 15.5 Å². The maximum atomic E-state index is 12.3. The van der Waals surface area contributed by atoms with Gasteiger partial charge in [0.25, 0.3) is 10.1 Å². The van der Waals surface area contributed by atoms with Crippen molar-refractivity contribution in [2.75, 3.05) is 71.9 Å². The van der Waals surface area contributed by atoms with Crippen LogP contribution in [0.25, 0.3) is 0 Å². The normalized spacial score (nSPS) is 18.3. The minimum atomic E-state index is -4.41. The monoisotopic (exact) mass is 868 g/mol. The number of benzene rings is 3. The van der Waals surface area contributed by atoms with E-state index in [0.29, 0.717) is 64.2 Å². The molecule has 6 rings (SSSR count). The number of aryl methyl sites for hydroxylation is 1. The van der Waals surface area contributed by atoms with Crippen LogP contribution in [-0.4, -0.2) is 95.4 Å². The first-order valence-corrected chi connectivity index (χ1v) is 22.5. The summed E-state index contributed by atoms with van der Waals surface area (Å²) in [6.07, 6.45) is 11.2. The largest absolute Gasteiger partial charge is 0.457 e. The van der Waals surface area contributed by atoms with Crippen molar-refractivity contribution in [3.05, 3.63) is 124 Å². The van der Waals surface area contributed by atoms with E-state index in [-0.39, 0.29) is 10.3 Å². The first-order chi connectivity index (χ1) is 29.2. The van der Waals surface area contributed by atoms with Crippen molar-refractivity contribution in [3.8, 4) is 5.75 Å². The molecule has 0 amide bonds. The SMILES string of the molecule is COCCOCCN1C(=CC=C2CCCC(C=CC3=[N+](CCOCCOC)c4ccc(S(=O)(=O)O)cc4C3(C)C)=C2Oc2ccc(N=C=S)cc2)C(C)(C)c2cc(C)ccc21. The van der Waals surface area contributed by atoms with Crippen LogP contribution >= 0.6 is 12.2 Å². The van der Waals surface area contributed by atoms with E-state index in [1.807, 2.05) is 24.3 Å². The Morgan fingerprint density at radius 3 is 2.26 bits per heavy atom. The zero-order valence-electron chi connectivity index (χ0n) is 36.3. The predicted molar refractivity (Wildman–Crippen MR) is 244 cm³/mol. The fraction of sp³-hybridized carbons (Fsp3) is 0.417. The summed E-state index contributed by atoms with van der Waals surface area (Å²) in [5.41, 5.74) is 9.37. The van der Waals surface area contributed by atoms with Crippen LogP contribution in [0.2, 0.25) is 0 Å². The molecule has 3 aliphatic rings. The van der Waals surface area contributed by atoms with E-state index in [1.165, 1.54) is 28.6 Å². The van der Waals surface area contributed by atoms with E-state index in [2.05, 4.69) is 96.8 Å². The molecule has 1 N–H and O–H groups in total. The molecule has 11 nitrogen and oxygen atoms in total. The second-order valence-electron chi connectivity index (χ2n) is 16.4. The summed E-state index contributed by atoms with van der Waals surface area (Å²) >= 11 is 4.83. The van der Waals surface area contributed by atoms with Crippen LogP contribution in [0, 0.1) is 6.92 Å². The summed E-state index contributed by atoms with van der Waals surface area (Å²) in [4.78, 5) is 6.35. The molecule has 324 valence electrons. The number of nitrogens with zero attached hydrogens (tertiary/aromatic N) is 3. The second-order valence-corrected chi connectivity index (χ2v) is 18.0. The van der Waals surface area contributed by atoms with Crippen molar-refractivity contribution in [1.82, 2.24) is 0 Å². The highest BCUT2D eigenvalue weighted by molar-refractivity contribution is 7.85. The molecule has 2 heterocycles. The lowest BCUT2D eigenvalue weighted by Gasteiger charge is -2.27. The smallest absolute Gasteiger partial charge is 0.294 e. The summed E-state index contributed by atoms with van der Waals surface area (Å²) in [5.74, 6) is 1.44. The molecule has 0 fully saturated rings. The third-order valence-electron chi connectivity index (χ3n) is 11.6. The number of fused-ring (bicyclic) bond motifs is 2. The molecule has 1 aliphatic carbocycles. The summed E-state index contributed by atoms with van der Waals surface area (Å²) in [5, 5.41) is 2.43. The number of allylic oxidation sites excluding steroid dienone is 7. The number of rotatable bonds is 19. The molecule has 0 radical (unpaired) electrons. The first-order valence-electron chi connectivity index (χ1n) is 20.7. The van der Waals surface area contributed by atoms with Crippen molar-refractivity contribution in [1.29, 1.82) is 0 Å². The Hall–Kier alpha value is -4.56. The van der Waals surface area contributed by atoms with Gasteiger partial charge in [0.2, 0.25) is 5.69 Å². The molecule has 2 aliphatic heterocycles. The molecule has 3 aromatic carbocycles. The van der Waals surface area contributed by atoms with Crippen molar-refractivity contribution in [2.45, 2.75) is 69.6 Å². The van der Waals surface area contributed by atoms with Crippen LogP contribution in [0.1, 0.15) is 63.6 Å². The van der Waals surface area contributed by atoms with Gasteiger partial charge in [-0.25, -0.2) is 0 Å². The summed E-state index contributed by atoms with van der Waals surface area (Å²) < 4.78 is 65.7. The Bertz CT molecular complexity index is 2410. The molecule has 0 bridgehead atoms. The zero-order valence-corrected chi connectivity index (χ0v) is 38.0. The van der Waals surface area contributed by atoms with Crippen molar-refractivity contribution < 1.29 is 41.2 Å². The van der Waals surface area contributed by atoms with Gasteiger partial charge in [0.1, 0.15) is 18.1 Å². The van der Waals surface area contributed by atoms with E-state index in [9.17, 15) is 13.0 Å². The maximum absolute atomic E-state index is 12.3. The topological polar surface area (TPSA) is 119 Å². The first kappa shape index (κ1) is 46.0. The molecular weight excluding hydrogens is 811 g/mol. The number of thiocarbonyl (C=S) groups is 1. The van der Waals surface area contributed by atoms with Gasteiger partial charge in [0.05, 0.1) is 54.2 Å². The molecule has 13 heteroatoms. The molecule has 3 aromatic rings. The van der Waals surface area contributed by atoms with Crippen molar-refractivity contribution in [2.24, 2.45) is 4.99 Å². The van der Waals surface area contributed by atoms with Gasteiger partial charge in [-0.1, -0.05) is 37.6 Å². The third-order valence-corrected chi connectivity index (χ3v) is 12.5. The Morgan fingerprint density at radius 1 is 0.852 bits per heavy atom. The van der Waals surface area contributed by atoms with Gasteiger partial charge in [-0.2, -0.15) is 18.0 Å². The van der Waals surface area contributed by atoms with Gasteiger partial charge in [0.15, 0.2) is 12.3 Å². The molecule has 61 heavy (non-hydrogen) atoms. The Labute approximate surface area is 366 Å². The fourth-order valence-electron chi connectivity index (χ4n) is 8.36. The minimum Gasteiger partial charge on any atom is -0.457 e. The molecule has 0 spiro atoms. The highest BCUT2D eigenvalue weighted by Crippen LogP contribution is 2.48. The van der Waals surface area contributed by atoms with E-state index in [4.69, 9.17) is 35.9 Å². The van der Waals surface area contributed by atoms with Crippen LogP contribution in [0.4, 0.5) is 17.1 Å². The molecule has 0 saturated heterocycles. The number of methoxy groups -OCH3 is 2. The summed E-state index contributed by atoms with van der Waals surface area (Å²) in [6, 6.07) is 18.9. The fourth-order valence-corrected chi connectivity index (χ4v) is 8.97. The number of hydrogen-bond donors (Lipinski definition) is 1. The molecule has 0 saturated carbocycles. The minimum absolute atomic E-state index is 0.140. The number of aliphatic imine (C=N–C) groups is 1. The maximum Gasteiger partial charge on any atom is 0.294 e. The number of ether oxygens (including phenoxy) is 5. The van der Waals surface area contributed by atoms with Crippen molar-refractivity contribution in [3.63, 3.8) is 0 Å². The lowest BCUT2D eigenvalue weighted by Crippen LogP contribution is -2.29. The van der Waals surface area contributed by atoms with Gasteiger partial charge >= 0.3 is 0 Å². The van der Waals surface area contributed by atoms with Crippen LogP contribution in [0.5, 0.6) is 5.75 Å². The summed E-state index contributed by atoms with van der Waals surface area (Å²) in [7, 11) is -1.10. The van der Waals surface area contributed by atoms with Gasteiger partial charge in [-0.3, -0.25) is 4.55 Å². The average molecular weight is 869 g/mol. The molecule has 0 atom stereocenters. The third kappa shape index (κ3) is 10.6. The number of anilines is 1.